The molecule has 0 bridgehead atoms. The van der Waals surface area contributed by atoms with Crippen molar-refractivity contribution in [3.8, 4) is 0 Å². The highest BCUT2D eigenvalue weighted by atomic mass is 35.5. The van der Waals surface area contributed by atoms with Crippen molar-refractivity contribution in [1.29, 1.82) is 0 Å². The Morgan fingerprint density at radius 3 is 1.49 bits per heavy atom. The summed E-state index contributed by atoms with van der Waals surface area (Å²) in [6.07, 6.45) is 1.03. The fraction of sp³-hybridized carbons (Fsp3) is 0.458. The first kappa shape index (κ1) is 28.3. The van der Waals surface area contributed by atoms with Crippen molar-refractivity contribution in [3.05, 3.63) is 58.6 Å². The van der Waals surface area contributed by atoms with Crippen molar-refractivity contribution in [2.24, 2.45) is 0 Å². The molecule has 4 rings (SSSR count). The van der Waals surface area contributed by atoms with E-state index in [1.165, 1.54) is 32.9 Å². The summed E-state index contributed by atoms with van der Waals surface area (Å²) in [6.45, 7) is 3.89. The maximum absolute atomic E-state index is 12.8. The molecular weight excluding hydrogens is 559 g/mol. The van der Waals surface area contributed by atoms with Gasteiger partial charge in [0.05, 0.1) is 9.79 Å². The maximum Gasteiger partial charge on any atom is 0.243 e. The molecule has 2 aromatic carbocycles. The Hall–Kier alpha value is -1.73. The van der Waals surface area contributed by atoms with Gasteiger partial charge in [-0.2, -0.15) is 8.61 Å². The monoisotopic (exact) mass is 588 g/mol. The number of sulfonamides is 2. The second kappa shape index (κ2) is 12.0. The van der Waals surface area contributed by atoms with Crippen molar-refractivity contribution in [1.82, 2.24) is 18.4 Å². The molecule has 2 aromatic rings. The van der Waals surface area contributed by atoms with Crippen LogP contribution in [0.2, 0.25) is 10.0 Å². The fourth-order valence-electron chi connectivity index (χ4n) is 4.49. The number of rotatable bonds is 8. The quantitative estimate of drug-likeness (QED) is 0.470. The van der Waals surface area contributed by atoms with Crippen molar-refractivity contribution in [3.63, 3.8) is 0 Å². The predicted octanol–water partition coefficient (Wildman–Crippen LogP) is 2.61. The number of piperazine rings is 2. The van der Waals surface area contributed by atoms with Gasteiger partial charge in [0.15, 0.2) is 0 Å². The molecule has 0 unspecified atom stereocenters. The zero-order valence-electron chi connectivity index (χ0n) is 20.3. The van der Waals surface area contributed by atoms with Crippen molar-refractivity contribution in [2.75, 3.05) is 58.9 Å². The molecule has 0 saturated carbocycles. The normalized spacial score (nSPS) is 18.7. The lowest BCUT2D eigenvalue weighted by molar-refractivity contribution is -0.132. The molecule has 2 fully saturated rings. The lowest BCUT2D eigenvalue weighted by Gasteiger charge is -2.35. The van der Waals surface area contributed by atoms with Crippen molar-refractivity contribution < 1.29 is 21.6 Å². The van der Waals surface area contributed by atoms with E-state index in [1.54, 1.807) is 29.2 Å². The third-order valence-electron chi connectivity index (χ3n) is 6.69. The number of hydrogen-bond donors (Lipinski definition) is 0. The predicted molar refractivity (Wildman–Crippen MR) is 143 cm³/mol. The van der Waals surface area contributed by atoms with Gasteiger partial charge < -0.3 is 9.80 Å². The third-order valence-corrected chi connectivity index (χ3v) is 11.0. The van der Waals surface area contributed by atoms with E-state index in [0.29, 0.717) is 68.7 Å². The summed E-state index contributed by atoms with van der Waals surface area (Å²) in [4.78, 5) is 17.0. The summed E-state index contributed by atoms with van der Waals surface area (Å²) < 4.78 is 54.2. The van der Waals surface area contributed by atoms with Crippen LogP contribution in [0.1, 0.15) is 12.8 Å². The Morgan fingerprint density at radius 2 is 1.05 bits per heavy atom. The molecule has 0 radical (unpaired) electrons. The molecule has 2 saturated heterocycles. The zero-order valence-corrected chi connectivity index (χ0v) is 23.4. The van der Waals surface area contributed by atoms with Crippen LogP contribution in [-0.2, 0) is 24.8 Å². The van der Waals surface area contributed by atoms with E-state index in [4.69, 9.17) is 23.2 Å². The second-order valence-electron chi connectivity index (χ2n) is 9.04. The van der Waals surface area contributed by atoms with Gasteiger partial charge in [-0.1, -0.05) is 23.2 Å². The molecule has 0 aliphatic carbocycles. The average molecular weight is 590 g/mol. The first-order valence-electron chi connectivity index (χ1n) is 12.1. The lowest BCUT2D eigenvalue weighted by atomic mass is 10.2. The van der Waals surface area contributed by atoms with Crippen LogP contribution in [0.25, 0.3) is 0 Å². The van der Waals surface area contributed by atoms with Gasteiger partial charge in [0.1, 0.15) is 0 Å². The molecule has 0 spiro atoms. The summed E-state index contributed by atoms with van der Waals surface area (Å²) in [5, 5.41) is 0.961. The Balaban J connectivity index is 1.18. The zero-order chi connectivity index (χ0) is 26.6. The summed E-state index contributed by atoms with van der Waals surface area (Å²) in [7, 11) is -7.17. The summed E-state index contributed by atoms with van der Waals surface area (Å²) in [5.41, 5.74) is 0. The number of halogens is 2. The molecule has 37 heavy (non-hydrogen) atoms. The van der Waals surface area contributed by atoms with Crippen molar-refractivity contribution in [2.45, 2.75) is 22.6 Å². The second-order valence-corrected chi connectivity index (χ2v) is 13.8. The minimum absolute atomic E-state index is 0.00694. The van der Waals surface area contributed by atoms with Gasteiger partial charge in [-0.3, -0.25) is 4.79 Å². The Kier molecular flexibility index (Phi) is 9.16. The van der Waals surface area contributed by atoms with Gasteiger partial charge in [-0.25, -0.2) is 16.8 Å². The highest BCUT2D eigenvalue weighted by molar-refractivity contribution is 7.89. The van der Waals surface area contributed by atoms with Gasteiger partial charge in [0, 0.05) is 68.8 Å². The number of benzene rings is 2. The molecule has 0 aromatic heterocycles. The Labute approximate surface area is 228 Å². The van der Waals surface area contributed by atoms with Crippen LogP contribution in [0.3, 0.4) is 0 Å². The fourth-order valence-corrected chi connectivity index (χ4v) is 7.59. The highest BCUT2D eigenvalue weighted by Crippen LogP contribution is 2.21. The number of hydrogen-bond acceptors (Lipinski definition) is 6. The SMILES string of the molecule is O=C(CCCN1CCN(S(=O)(=O)c2ccc(Cl)cc2)CC1)N1CCN(S(=O)(=O)c2ccc(Cl)cc2)CC1. The summed E-state index contributed by atoms with van der Waals surface area (Å²) in [6, 6.07) is 12.2. The molecule has 2 aliphatic rings. The number of amides is 1. The third kappa shape index (κ3) is 6.83. The van der Waals surface area contributed by atoms with E-state index in [9.17, 15) is 21.6 Å². The molecule has 0 atom stereocenters. The van der Waals surface area contributed by atoms with E-state index < -0.39 is 20.0 Å². The molecule has 13 heteroatoms. The van der Waals surface area contributed by atoms with Crippen LogP contribution in [0.15, 0.2) is 58.3 Å². The molecule has 202 valence electrons. The molecule has 2 heterocycles. The first-order chi connectivity index (χ1) is 17.6. The first-order valence-corrected chi connectivity index (χ1v) is 15.7. The van der Waals surface area contributed by atoms with E-state index in [0.717, 1.165) is 0 Å². The van der Waals surface area contributed by atoms with E-state index >= 15 is 0 Å². The number of nitrogens with zero attached hydrogens (tertiary/aromatic N) is 4. The summed E-state index contributed by atoms with van der Waals surface area (Å²) >= 11 is 11.7. The van der Waals surface area contributed by atoms with Crippen LogP contribution in [0, 0.1) is 0 Å². The number of carbonyl (C=O) groups excluding carboxylic acids is 1. The minimum Gasteiger partial charge on any atom is -0.340 e. The van der Waals surface area contributed by atoms with Crippen molar-refractivity contribution >= 4 is 49.2 Å². The molecule has 1 amide bonds. The van der Waals surface area contributed by atoms with E-state index in [-0.39, 0.29) is 28.8 Å². The van der Waals surface area contributed by atoms with Crippen LogP contribution >= 0.6 is 23.2 Å². The van der Waals surface area contributed by atoms with Gasteiger partial charge in [-0.05, 0) is 61.5 Å². The molecular formula is C24H30Cl2N4O5S2. The van der Waals surface area contributed by atoms with Gasteiger partial charge in [0.25, 0.3) is 0 Å². The Morgan fingerprint density at radius 1 is 0.649 bits per heavy atom. The summed E-state index contributed by atoms with van der Waals surface area (Å²) in [5.74, 6) is 0.00694. The van der Waals surface area contributed by atoms with Crippen LogP contribution in [0.5, 0.6) is 0 Å². The lowest BCUT2D eigenvalue weighted by Crippen LogP contribution is -2.50. The topological polar surface area (TPSA) is 98.3 Å². The standard InChI is InChI=1S/C24H30Cl2N4O5S2/c25-20-3-7-22(8-4-20)36(32,33)29-16-12-27(13-17-29)11-1-2-24(31)28-14-18-30(19-15-28)37(34,35)23-9-5-21(26)6-10-23/h3-10H,1-2,11-19H2. The van der Waals surface area contributed by atoms with Crippen LogP contribution in [-0.4, -0.2) is 100 Å². The van der Waals surface area contributed by atoms with Crippen LogP contribution < -0.4 is 0 Å². The molecule has 0 N–H and O–H groups in total. The van der Waals surface area contributed by atoms with E-state index in [2.05, 4.69) is 4.90 Å². The molecule has 9 nitrogen and oxygen atoms in total. The smallest absolute Gasteiger partial charge is 0.243 e. The van der Waals surface area contributed by atoms with Gasteiger partial charge >= 0.3 is 0 Å². The average Bonchev–Trinajstić information content (AvgIpc) is 2.89. The van der Waals surface area contributed by atoms with Crippen LogP contribution in [0.4, 0.5) is 0 Å². The minimum atomic E-state index is -3.62. The Bertz CT molecular complexity index is 1290. The van der Waals surface area contributed by atoms with E-state index in [1.807, 2.05) is 0 Å². The molecule has 2 aliphatic heterocycles. The van der Waals surface area contributed by atoms with Gasteiger partial charge in [-0.15, -0.1) is 0 Å². The number of carbonyl (C=O) groups is 1. The van der Waals surface area contributed by atoms with Gasteiger partial charge in [0.2, 0.25) is 26.0 Å². The largest absolute Gasteiger partial charge is 0.340 e. The highest BCUT2D eigenvalue weighted by Gasteiger charge is 2.31. The maximum atomic E-state index is 12.8.